The highest BCUT2D eigenvalue weighted by atomic mass is 32.1. The molecular weight excluding hydrogens is 232 g/mol. The van der Waals surface area contributed by atoms with E-state index in [0.717, 1.165) is 31.2 Å². The lowest BCUT2D eigenvalue weighted by Crippen LogP contribution is -2.51. The summed E-state index contributed by atoms with van der Waals surface area (Å²) in [6, 6.07) is 0.365. The van der Waals surface area contributed by atoms with Crippen LogP contribution in [-0.4, -0.2) is 48.1 Å². The zero-order valence-electron chi connectivity index (χ0n) is 11.2. The maximum Gasteiger partial charge on any atom is 0.0900 e. The van der Waals surface area contributed by atoms with Gasteiger partial charge in [0.05, 0.1) is 16.7 Å². The Hall–Kier alpha value is -0.490. The van der Waals surface area contributed by atoms with Gasteiger partial charge in [-0.25, -0.2) is 15.4 Å². The summed E-state index contributed by atoms with van der Waals surface area (Å²) in [5, 5.41) is 3.49. The highest BCUT2D eigenvalue weighted by Gasteiger charge is 2.18. The Balaban J connectivity index is 1.93. The first-order valence-electron chi connectivity index (χ1n) is 6.20. The number of hydrogen-bond acceptors (Lipinski definition) is 5. The van der Waals surface area contributed by atoms with E-state index in [-0.39, 0.29) is 0 Å². The molecule has 17 heavy (non-hydrogen) atoms. The van der Waals surface area contributed by atoms with Crippen LogP contribution in [-0.2, 0) is 0 Å². The van der Waals surface area contributed by atoms with Crippen LogP contribution in [0.15, 0.2) is 0 Å². The topological polar surface area (TPSA) is 31.4 Å². The number of hydrogen-bond donors (Lipinski definition) is 1. The summed E-state index contributed by atoms with van der Waals surface area (Å²) in [6.45, 7) is 10.9. The van der Waals surface area contributed by atoms with Crippen LogP contribution in [0.5, 0.6) is 0 Å². The van der Waals surface area contributed by atoms with Crippen molar-refractivity contribution in [2.24, 2.45) is 0 Å². The first kappa shape index (κ1) is 13.0. The molecule has 1 saturated heterocycles. The molecule has 2 rings (SSSR count). The summed E-state index contributed by atoms with van der Waals surface area (Å²) in [5.41, 5.74) is 4.76. The van der Waals surface area contributed by atoms with Crippen LogP contribution in [0.4, 0.5) is 0 Å². The van der Waals surface area contributed by atoms with Crippen LogP contribution in [0.2, 0.25) is 0 Å². The second-order valence-electron chi connectivity index (χ2n) is 4.82. The van der Waals surface area contributed by atoms with Crippen molar-refractivity contribution in [3.63, 3.8) is 0 Å². The molecule has 1 atom stereocenters. The van der Waals surface area contributed by atoms with Gasteiger partial charge in [0, 0.05) is 31.1 Å². The van der Waals surface area contributed by atoms with E-state index in [1.165, 1.54) is 10.6 Å². The molecule has 1 aliphatic heterocycles. The van der Waals surface area contributed by atoms with Gasteiger partial charge in [0.25, 0.3) is 0 Å². The molecule has 1 aliphatic rings. The standard InChI is InChI=1S/C12H22N4S/c1-9-12(17-11(3)13-9)10(2)14-16-7-5-15(4)6-8-16/h10,14H,5-8H2,1-4H3. The zero-order chi connectivity index (χ0) is 12.4. The molecule has 1 N–H and O–H groups in total. The van der Waals surface area contributed by atoms with E-state index in [1.807, 2.05) is 0 Å². The first-order valence-corrected chi connectivity index (χ1v) is 7.01. The number of nitrogens with one attached hydrogen (secondary N) is 1. The van der Waals surface area contributed by atoms with Gasteiger partial charge in [-0.05, 0) is 27.8 Å². The van der Waals surface area contributed by atoms with Crippen molar-refractivity contribution in [3.05, 3.63) is 15.6 Å². The summed E-state index contributed by atoms with van der Waals surface area (Å²) >= 11 is 1.80. The number of rotatable bonds is 3. The van der Waals surface area contributed by atoms with Gasteiger partial charge in [-0.1, -0.05) is 0 Å². The molecular formula is C12H22N4S. The fraction of sp³-hybridized carbons (Fsp3) is 0.750. The van der Waals surface area contributed by atoms with E-state index in [4.69, 9.17) is 0 Å². The molecule has 0 spiro atoms. The predicted octanol–water partition coefficient (Wildman–Crippen LogP) is 1.57. The van der Waals surface area contributed by atoms with Gasteiger partial charge < -0.3 is 4.90 Å². The average molecular weight is 254 g/mol. The van der Waals surface area contributed by atoms with Gasteiger partial charge >= 0.3 is 0 Å². The quantitative estimate of drug-likeness (QED) is 0.887. The maximum absolute atomic E-state index is 4.49. The SMILES string of the molecule is Cc1nc(C)c(C(C)NN2CCN(C)CC2)s1. The minimum Gasteiger partial charge on any atom is -0.304 e. The van der Waals surface area contributed by atoms with E-state index >= 15 is 0 Å². The number of aromatic nitrogens is 1. The third-order valence-corrected chi connectivity index (χ3v) is 4.47. The third-order valence-electron chi connectivity index (χ3n) is 3.21. The molecule has 1 aromatic rings. The first-order chi connectivity index (χ1) is 8.06. The Morgan fingerprint density at radius 2 is 1.88 bits per heavy atom. The lowest BCUT2D eigenvalue weighted by Gasteiger charge is -2.34. The number of hydrazine groups is 1. The van der Waals surface area contributed by atoms with Crippen molar-refractivity contribution in [2.75, 3.05) is 33.2 Å². The van der Waals surface area contributed by atoms with Gasteiger partial charge in [0.1, 0.15) is 0 Å². The molecule has 0 bridgehead atoms. The lowest BCUT2D eigenvalue weighted by molar-refractivity contribution is 0.0903. The number of piperazine rings is 1. The molecule has 1 fully saturated rings. The average Bonchev–Trinajstić information content (AvgIpc) is 2.61. The third kappa shape index (κ3) is 3.25. The fourth-order valence-electron chi connectivity index (χ4n) is 2.22. The van der Waals surface area contributed by atoms with E-state index in [0.29, 0.717) is 6.04 Å². The van der Waals surface area contributed by atoms with Crippen molar-refractivity contribution in [2.45, 2.75) is 26.8 Å². The molecule has 4 nitrogen and oxygen atoms in total. The largest absolute Gasteiger partial charge is 0.304 e. The smallest absolute Gasteiger partial charge is 0.0900 e. The Morgan fingerprint density at radius 3 is 2.41 bits per heavy atom. The van der Waals surface area contributed by atoms with Crippen molar-refractivity contribution < 1.29 is 0 Å². The maximum atomic E-state index is 4.49. The predicted molar refractivity (Wildman–Crippen MR) is 72.2 cm³/mol. The number of aryl methyl sites for hydroxylation is 2. The van der Waals surface area contributed by atoms with Gasteiger partial charge in [-0.2, -0.15) is 0 Å². The van der Waals surface area contributed by atoms with Crippen LogP contribution in [0.1, 0.15) is 28.5 Å². The number of thiazole rings is 1. The monoisotopic (exact) mass is 254 g/mol. The van der Waals surface area contributed by atoms with E-state index in [9.17, 15) is 0 Å². The fourth-order valence-corrected chi connectivity index (χ4v) is 3.14. The molecule has 0 radical (unpaired) electrons. The molecule has 1 aromatic heterocycles. The van der Waals surface area contributed by atoms with Gasteiger partial charge in [0.15, 0.2) is 0 Å². The van der Waals surface area contributed by atoms with Crippen LogP contribution >= 0.6 is 11.3 Å². The number of likely N-dealkylation sites (N-methyl/N-ethyl adjacent to an activating group) is 1. The Bertz CT molecular complexity index is 369. The Labute approximate surface area is 108 Å². The van der Waals surface area contributed by atoms with Crippen LogP contribution in [0.25, 0.3) is 0 Å². The Kier molecular flexibility index (Phi) is 4.14. The minimum absolute atomic E-state index is 0.365. The van der Waals surface area contributed by atoms with Crippen molar-refractivity contribution in [1.82, 2.24) is 20.3 Å². The summed E-state index contributed by atoms with van der Waals surface area (Å²) in [5.74, 6) is 0. The van der Waals surface area contributed by atoms with Gasteiger partial charge in [0.2, 0.25) is 0 Å². The molecule has 0 aromatic carbocycles. The summed E-state index contributed by atoms with van der Waals surface area (Å²) in [6.07, 6.45) is 0. The molecule has 0 amide bonds. The number of nitrogens with zero attached hydrogens (tertiary/aromatic N) is 3. The van der Waals surface area contributed by atoms with E-state index in [2.05, 4.69) is 48.1 Å². The summed E-state index contributed by atoms with van der Waals surface area (Å²) in [7, 11) is 2.18. The minimum atomic E-state index is 0.365. The summed E-state index contributed by atoms with van der Waals surface area (Å²) < 4.78 is 0. The normalized spacial score (nSPS) is 20.7. The molecule has 5 heteroatoms. The van der Waals surface area contributed by atoms with Crippen molar-refractivity contribution in [1.29, 1.82) is 0 Å². The molecule has 0 saturated carbocycles. The second-order valence-corrected chi connectivity index (χ2v) is 6.06. The highest BCUT2D eigenvalue weighted by molar-refractivity contribution is 7.11. The molecule has 2 heterocycles. The Morgan fingerprint density at radius 1 is 1.24 bits per heavy atom. The summed E-state index contributed by atoms with van der Waals surface area (Å²) in [4.78, 5) is 8.22. The highest BCUT2D eigenvalue weighted by Crippen LogP contribution is 2.24. The van der Waals surface area contributed by atoms with E-state index in [1.54, 1.807) is 11.3 Å². The van der Waals surface area contributed by atoms with Crippen LogP contribution < -0.4 is 5.43 Å². The van der Waals surface area contributed by atoms with E-state index < -0.39 is 0 Å². The molecule has 1 unspecified atom stereocenters. The lowest BCUT2D eigenvalue weighted by atomic mass is 10.2. The van der Waals surface area contributed by atoms with Crippen LogP contribution in [0, 0.1) is 13.8 Å². The van der Waals surface area contributed by atoms with Gasteiger partial charge in [-0.3, -0.25) is 0 Å². The van der Waals surface area contributed by atoms with Crippen molar-refractivity contribution in [3.8, 4) is 0 Å². The molecule has 0 aliphatic carbocycles. The van der Waals surface area contributed by atoms with Crippen LogP contribution in [0.3, 0.4) is 0 Å². The van der Waals surface area contributed by atoms with Gasteiger partial charge in [-0.15, -0.1) is 11.3 Å². The zero-order valence-corrected chi connectivity index (χ0v) is 12.0. The van der Waals surface area contributed by atoms with Crippen molar-refractivity contribution >= 4 is 11.3 Å². The molecule has 96 valence electrons. The second kappa shape index (κ2) is 5.44.